The van der Waals surface area contributed by atoms with Crippen LogP contribution in [-0.2, 0) is 11.8 Å². The Kier molecular flexibility index (Phi) is 8.70. The maximum Gasteiger partial charge on any atom is 0.417 e. The third-order valence-electron chi connectivity index (χ3n) is 4.37. The quantitative estimate of drug-likeness (QED) is 0.486. The Hall–Kier alpha value is -0.940. The van der Waals surface area contributed by atoms with Gasteiger partial charge in [0, 0.05) is 11.4 Å². The molecule has 7 heteroatoms. The van der Waals surface area contributed by atoms with E-state index in [1.54, 1.807) is 38.1 Å². The van der Waals surface area contributed by atoms with Crippen molar-refractivity contribution < 1.29 is 18.3 Å². The number of hydrogen-bond donors (Lipinski definition) is 1. The highest BCUT2D eigenvalue weighted by Crippen LogP contribution is 2.43. The number of aliphatic hydroxyl groups is 1. The largest absolute Gasteiger partial charge is 0.417 e. The Balaban J connectivity index is 0.00000190. The molecule has 0 amide bonds. The lowest BCUT2D eigenvalue weighted by Crippen LogP contribution is -2.50. The maximum absolute atomic E-state index is 13.7. The highest BCUT2D eigenvalue weighted by Gasteiger charge is 2.55. The van der Waals surface area contributed by atoms with Crippen molar-refractivity contribution in [2.45, 2.75) is 57.7 Å². The van der Waals surface area contributed by atoms with Gasteiger partial charge in [0.15, 0.2) is 5.60 Å². The van der Waals surface area contributed by atoms with Crippen LogP contribution in [0.5, 0.6) is 0 Å². The standard InChI is InChI=1S/C19H18Cl3F3O.C2H6/c1-17(2,13-4-6-14(20)7-5-13)11-18(26,19(23,24)25)10-12-3-8-15(21)16(22)9-12;1-2/h3-9,26H,10-11H2,1-2H3;1-2H3. The van der Waals surface area contributed by atoms with E-state index in [0.29, 0.717) is 10.6 Å². The first-order valence-electron chi connectivity index (χ1n) is 8.83. The molecule has 0 heterocycles. The summed E-state index contributed by atoms with van der Waals surface area (Å²) in [6.07, 6.45) is -5.96. The summed E-state index contributed by atoms with van der Waals surface area (Å²) in [5.74, 6) is 0. The van der Waals surface area contributed by atoms with E-state index in [1.807, 2.05) is 13.8 Å². The van der Waals surface area contributed by atoms with Crippen LogP contribution in [0.2, 0.25) is 15.1 Å². The van der Waals surface area contributed by atoms with Gasteiger partial charge in [0.1, 0.15) is 0 Å². The SMILES string of the molecule is CC.CC(C)(CC(O)(Cc1ccc(Cl)c(Cl)c1)C(F)(F)F)c1ccc(Cl)cc1. The third-order valence-corrected chi connectivity index (χ3v) is 5.36. The molecule has 156 valence electrons. The number of alkyl halides is 3. The first kappa shape index (κ1) is 25.1. The van der Waals surface area contributed by atoms with Crippen molar-refractivity contribution in [3.8, 4) is 0 Å². The molecule has 1 nitrogen and oxygen atoms in total. The summed E-state index contributed by atoms with van der Waals surface area (Å²) < 4.78 is 41.2. The van der Waals surface area contributed by atoms with Crippen LogP contribution >= 0.6 is 34.8 Å². The van der Waals surface area contributed by atoms with Crippen LogP contribution in [-0.4, -0.2) is 16.9 Å². The van der Waals surface area contributed by atoms with E-state index >= 15 is 0 Å². The monoisotopic (exact) mass is 454 g/mol. The lowest BCUT2D eigenvalue weighted by molar-refractivity contribution is -0.266. The Morgan fingerprint density at radius 1 is 0.857 bits per heavy atom. The molecule has 2 aromatic carbocycles. The van der Waals surface area contributed by atoms with E-state index in [-0.39, 0.29) is 15.6 Å². The van der Waals surface area contributed by atoms with Crippen LogP contribution in [0.3, 0.4) is 0 Å². The Bertz CT molecular complexity index is 773. The molecule has 0 aliphatic heterocycles. The molecule has 2 aromatic rings. The Labute approximate surface area is 179 Å². The fourth-order valence-electron chi connectivity index (χ4n) is 2.98. The van der Waals surface area contributed by atoms with Crippen LogP contribution < -0.4 is 0 Å². The van der Waals surface area contributed by atoms with Gasteiger partial charge in [-0.3, -0.25) is 0 Å². The second-order valence-electron chi connectivity index (χ2n) is 7.02. The van der Waals surface area contributed by atoms with Crippen LogP contribution in [0.15, 0.2) is 42.5 Å². The van der Waals surface area contributed by atoms with E-state index in [9.17, 15) is 18.3 Å². The zero-order valence-corrected chi connectivity index (χ0v) is 18.4. The molecule has 1 N–H and O–H groups in total. The average Bonchev–Trinajstić information content (AvgIpc) is 2.59. The van der Waals surface area contributed by atoms with E-state index in [4.69, 9.17) is 34.8 Å². The summed E-state index contributed by atoms with van der Waals surface area (Å²) in [5, 5.41) is 11.5. The normalized spacial score (nSPS) is 14.1. The first-order valence-corrected chi connectivity index (χ1v) is 9.97. The molecule has 28 heavy (non-hydrogen) atoms. The molecule has 0 saturated heterocycles. The molecule has 0 aliphatic carbocycles. The second-order valence-corrected chi connectivity index (χ2v) is 8.27. The van der Waals surface area contributed by atoms with Crippen molar-refractivity contribution in [2.24, 2.45) is 0 Å². The number of halogens is 6. The number of benzene rings is 2. The van der Waals surface area contributed by atoms with Gasteiger partial charge in [0.05, 0.1) is 10.0 Å². The van der Waals surface area contributed by atoms with Gasteiger partial charge in [0.2, 0.25) is 0 Å². The van der Waals surface area contributed by atoms with Crippen molar-refractivity contribution in [1.29, 1.82) is 0 Å². The topological polar surface area (TPSA) is 20.2 Å². The van der Waals surface area contributed by atoms with Gasteiger partial charge in [-0.05, 0) is 47.2 Å². The molecular formula is C21H24Cl3F3O. The van der Waals surface area contributed by atoms with Gasteiger partial charge in [-0.2, -0.15) is 13.2 Å². The molecule has 0 radical (unpaired) electrons. The van der Waals surface area contributed by atoms with Crippen molar-refractivity contribution in [3.05, 3.63) is 68.7 Å². The minimum absolute atomic E-state index is 0.144. The van der Waals surface area contributed by atoms with E-state index < -0.39 is 30.0 Å². The molecule has 0 fully saturated rings. The summed E-state index contributed by atoms with van der Waals surface area (Å²) in [6, 6.07) is 10.8. The Morgan fingerprint density at radius 2 is 1.39 bits per heavy atom. The molecule has 0 aromatic heterocycles. The van der Waals surface area contributed by atoms with Gasteiger partial charge >= 0.3 is 6.18 Å². The molecule has 0 saturated carbocycles. The number of hydrogen-bond acceptors (Lipinski definition) is 1. The fraction of sp³-hybridized carbons (Fsp3) is 0.429. The predicted octanol–water partition coefficient (Wildman–Crippen LogP) is 7.88. The summed E-state index contributed by atoms with van der Waals surface area (Å²) in [7, 11) is 0. The van der Waals surface area contributed by atoms with Crippen LogP contribution in [0.25, 0.3) is 0 Å². The third kappa shape index (κ3) is 6.28. The average molecular weight is 456 g/mol. The number of rotatable bonds is 5. The minimum atomic E-state index is -4.82. The van der Waals surface area contributed by atoms with Crippen molar-refractivity contribution in [3.63, 3.8) is 0 Å². The maximum atomic E-state index is 13.7. The molecule has 0 spiro atoms. The van der Waals surface area contributed by atoms with E-state index in [1.165, 1.54) is 18.2 Å². The summed E-state index contributed by atoms with van der Waals surface area (Å²) in [5.41, 5.74) is -2.96. The molecular weight excluding hydrogens is 432 g/mol. The zero-order chi connectivity index (χ0) is 21.8. The van der Waals surface area contributed by atoms with Gasteiger partial charge in [-0.15, -0.1) is 0 Å². The lowest BCUT2D eigenvalue weighted by atomic mass is 9.73. The summed E-state index contributed by atoms with van der Waals surface area (Å²) in [6.45, 7) is 7.31. The van der Waals surface area contributed by atoms with Crippen molar-refractivity contribution in [1.82, 2.24) is 0 Å². The van der Waals surface area contributed by atoms with E-state index in [0.717, 1.165) is 0 Å². The highest BCUT2D eigenvalue weighted by atomic mass is 35.5. The van der Waals surface area contributed by atoms with Crippen LogP contribution in [0.1, 0.15) is 45.2 Å². The van der Waals surface area contributed by atoms with Crippen molar-refractivity contribution in [2.75, 3.05) is 0 Å². The molecule has 1 atom stereocenters. The zero-order valence-electron chi connectivity index (χ0n) is 16.2. The minimum Gasteiger partial charge on any atom is -0.380 e. The van der Waals surface area contributed by atoms with Crippen molar-refractivity contribution >= 4 is 34.8 Å². The molecule has 2 rings (SSSR count). The second kappa shape index (κ2) is 9.71. The molecule has 0 aliphatic rings. The van der Waals surface area contributed by atoms with E-state index in [2.05, 4.69) is 0 Å². The van der Waals surface area contributed by atoms with Crippen LogP contribution in [0, 0.1) is 0 Å². The highest BCUT2D eigenvalue weighted by molar-refractivity contribution is 6.42. The van der Waals surface area contributed by atoms with Crippen LogP contribution in [0.4, 0.5) is 13.2 Å². The first-order chi connectivity index (χ1) is 12.8. The summed E-state index contributed by atoms with van der Waals surface area (Å²) >= 11 is 17.6. The fourth-order valence-corrected chi connectivity index (χ4v) is 3.43. The molecule has 1 unspecified atom stereocenters. The smallest absolute Gasteiger partial charge is 0.380 e. The molecule has 0 bridgehead atoms. The van der Waals surface area contributed by atoms with Gasteiger partial charge in [-0.25, -0.2) is 0 Å². The van der Waals surface area contributed by atoms with Gasteiger partial charge < -0.3 is 5.11 Å². The van der Waals surface area contributed by atoms with Gasteiger partial charge in [-0.1, -0.05) is 80.7 Å². The Morgan fingerprint density at radius 3 is 1.86 bits per heavy atom. The van der Waals surface area contributed by atoms with Gasteiger partial charge in [0.25, 0.3) is 0 Å². The predicted molar refractivity (Wildman–Crippen MR) is 112 cm³/mol. The summed E-state index contributed by atoms with van der Waals surface area (Å²) in [4.78, 5) is 0. The lowest BCUT2D eigenvalue weighted by Gasteiger charge is -2.38.